The molecule has 1 heterocycles. The molecule has 0 fully saturated rings. The highest BCUT2D eigenvalue weighted by atomic mass is 35.5. The fourth-order valence-corrected chi connectivity index (χ4v) is 6.15. The standard InChI is InChI=1S/C24H20Cl2FN3O4S/c1-14-17(25)10-11-21(23(14)26)35(33,34)30-19-5-3-2-4-18(19)29-24(32)20(30)12-22(31)28-13-15-6-8-16(27)9-7-15/h2-11,20H,12-13H2,1H3,(H,28,31)(H,29,32). The van der Waals surface area contributed by atoms with Gasteiger partial charge in [0, 0.05) is 11.6 Å². The molecule has 0 saturated heterocycles. The number of hydrogen-bond donors (Lipinski definition) is 2. The first kappa shape index (κ1) is 25.0. The molecule has 0 aromatic heterocycles. The van der Waals surface area contributed by atoms with E-state index in [4.69, 9.17) is 23.2 Å². The number of benzene rings is 3. The molecule has 3 aromatic carbocycles. The molecule has 0 aliphatic carbocycles. The molecule has 0 spiro atoms. The van der Waals surface area contributed by atoms with Crippen LogP contribution in [0.5, 0.6) is 0 Å². The molecule has 0 radical (unpaired) electrons. The minimum Gasteiger partial charge on any atom is -0.352 e. The Morgan fingerprint density at radius 1 is 1.09 bits per heavy atom. The van der Waals surface area contributed by atoms with Crippen molar-refractivity contribution in [3.8, 4) is 0 Å². The van der Waals surface area contributed by atoms with Crippen LogP contribution in [0.1, 0.15) is 17.5 Å². The minimum absolute atomic E-state index is 0.0690. The number of rotatable bonds is 6. The summed E-state index contributed by atoms with van der Waals surface area (Å²) in [6.07, 6.45) is -0.454. The summed E-state index contributed by atoms with van der Waals surface area (Å²) in [6, 6.07) is 13.2. The average molecular weight is 536 g/mol. The summed E-state index contributed by atoms with van der Waals surface area (Å²) in [5.74, 6) is -1.63. The highest BCUT2D eigenvalue weighted by molar-refractivity contribution is 7.93. The molecular formula is C24H20Cl2FN3O4S. The first-order valence-corrected chi connectivity index (χ1v) is 12.7. The number of nitrogens with one attached hydrogen (secondary N) is 2. The van der Waals surface area contributed by atoms with Gasteiger partial charge in [-0.2, -0.15) is 0 Å². The second kappa shape index (κ2) is 9.85. The molecule has 3 aromatic rings. The van der Waals surface area contributed by atoms with Crippen LogP contribution in [0.2, 0.25) is 10.0 Å². The topological polar surface area (TPSA) is 95.6 Å². The number of carbonyl (C=O) groups excluding carboxylic acids is 2. The van der Waals surface area contributed by atoms with Crippen molar-refractivity contribution in [2.24, 2.45) is 0 Å². The zero-order valence-electron chi connectivity index (χ0n) is 18.4. The monoisotopic (exact) mass is 535 g/mol. The Labute approximate surface area is 211 Å². The van der Waals surface area contributed by atoms with Crippen LogP contribution >= 0.6 is 23.2 Å². The van der Waals surface area contributed by atoms with Crippen molar-refractivity contribution < 1.29 is 22.4 Å². The third-order valence-electron chi connectivity index (χ3n) is 5.59. The number of amides is 2. The van der Waals surface area contributed by atoms with E-state index >= 15 is 0 Å². The number of anilines is 2. The number of hydrogen-bond acceptors (Lipinski definition) is 4. The van der Waals surface area contributed by atoms with E-state index in [2.05, 4.69) is 10.6 Å². The van der Waals surface area contributed by atoms with Crippen LogP contribution in [0.4, 0.5) is 15.8 Å². The number of halogens is 3. The zero-order valence-corrected chi connectivity index (χ0v) is 20.7. The summed E-state index contributed by atoms with van der Waals surface area (Å²) < 4.78 is 41.7. The van der Waals surface area contributed by atoms with E-state index in [0.717, 1.165) is 4.31 Å². The number of carbonyl (C=O) groups is 2. The van der Waals surface area contributed by atoms with Crippen molar-refractivity contribution in [2.45, 2.75) is 30.8 Å². The van der Waals surface area contributed by atoms with Gasteiger partial charge in [0.15, 0.2) is 0 Å². The van der Waals surface area contributed by atoms with E-state index in [1.165, 1.54) is 42.5 Å². The normalized spacial score (nSPS) is 15.4. The summed E-state index contributed by atoms with van der Waals surface area (Å²) in [4.78, 5) is 25.5. The van der Waals surface area contributed by atoms with E-state index in [9.17, 15) is 22.4 Å². The maximum atomic E-state index is 13.8. The van der Waals surface area contributed by atoms with Gasteiger partial charge in [-0.25, -0.2) is 12.8 Å². The van der Waals surface area contributed by atoms with Crippen LogP contribution in [0.3, 0.4) is 0 Å². The molecule has 7 nitrogen and oxygen atoms in total. The zero-order chi connectivity index (χ0) is 25.3. The van der Waals surface area contributed by atoms with Crippen LogP contribution in [-0.2, 0) is 26.2 Å². The van der Waals surface area contributed by atoms with Crippen LogP contribution in [0.25, 0.3) is 0 Å². The van der Waals surface area contributed by atoms with Gasteiger partial charge >= 0.3 is 0 Å². The molecule has 11 heteroatoms. The Hall–Kier alpha value is -3.14. The Kier molecular flexibility index (Phi) is 7.02. The summed E-state index contributed by atoms with van der Waals surface area (Å²) in [5.41, 5.74) is 1.50. The smallest absolute Gasteiger partial charge is 0.266 e. The highest BCUT2D eigenvalue weighted by Gasteiger charge is 2.42. The van der Waals surface area contributed by atoms with Gasteiger partial charge < -0.3 is 10.6 Å². The maximum absolute atomic E-state index is 13.8. The molecule has 1 atom stereocenters. The van der Waals surface area contributed by atoms with Gasteiger partial charge in [-0.05, 0) is 54.4 Å². The second-order valence-electron chi connectivity index (χ2n) is 7.91. The van der Waals surface area contributed by atoms with Gasteiger partial charge in [-0.1, -0.05) is 47.5 Å². The molecule has 4 rings (SSSR count). The molecule has 0 saturated carbocycles. The first-order valence-electron chi connectivity index (χ1n) is 10.5. The van der Waals surface area contributed by atoms with E-state index in [0.29, 0.717) is 16.1 Å². The van der Waals surface area contributed by atoms with Crippen molar-refractivity contribution >= 4 is 56.4 Å². The van der Waals surface area contributed by atoms with Crippen molar-refractivity contribution in [3.05, 3.63) is 87.7 Å². The molecule has 1 aliphatic heterocycles. The third-order valence-corrected chi connectivity index (χ3v) is 8.46. The molecule has 1 unspecified atom stereocenters. The highest BCUT2D eigenvalue weighted by Crippen LogP contribution is 2.40. The molecule has 1 aliphatic rings. The summed E-state index contributed by atoms with van der Waals surface area (Å²) in [6.45, 7) is 1.67. The average Bonchev–Trinajstić information content (AvgIpc) is 2.82. The van der Waals surface area contributed by atoms with Crippen molar-refractivity contribution in [1.29, 1.82) is 0 Å². The van der Waals surface area contributed by atoms with E-state index in [1.807, 2.05) is 0 Å². The quantitative estimate of drug-likeness (QED) is 0.479. The summed E-state index contributed by atoms with van der Waals surface area (Å²) in [7, 11) is -4.38. The van der Waals surface area contributed by atoms with Crippen molar-refractivity contribution in [3.63, 3.8) is 0 Å². The Morgan fingerprint density at radius 2 is 1.77 bits per heavy atom. The molecule has 0 bridgehead atoms. The van der Waals surface area contributed by atoms with Gasteiger partial charge in [-0.15, -0.1) is 0 Å². The SMILES string of the molecule is Cc1c(Cl)ccc(S(=O)(=O)N2c3ccccc3NC(=O)C2CC(=O)NCc2ccc(F)cc2)c1Cl. The van der Waals surface area contributed by atoms with Gasteiger partial charge in [-0.3, -0.25) is 13.9 Å². The molecule has 182 valence electrons. The Morgan fingerprint density at radius 3 is 2.49 bits per heavy atom. The molecule has 2 N–H and O–H groups in total. The van der Waals surface area contributed by atoms with Gasteiger partial charge in [0.05, 0.1) is 22.8 Å². The third kappa shape index (κ3) is 4.98. The molecule has 2 amide bonds. The van der Waals surface area contributed by atoms with Crippen LogP contribution < -0.4 is 14.9 Å². The number of fused-ring (bicyclic) bond motifs is 1. The lowest BCUT2D eigenvalue weighted by Gasteiger charge is -2.37. The van der Waals surface area contributed by atoms with Crippen LogP contribution in [0, 0.1) is 12.7 Å². The van der Waals surface area contributed by atoms with Crippen LogP contribution in [-0.4, -0.2) is 26.3 Å². The minimum atomic E-state index is -4.38. The van der Waals surface area contributed by atoms with Crippen molar-refractivity contribution in [2.75, 3.05) is 9.62 Å². The summed E-state index contributed by atoms with van der Waals surface area (Å²) >= 11 is 12.4. The number of nitrogens with zero attached hydrogens (tertiary/aromatic N) is 1. The lowest BCUT2D eigenvalue weighted by molar-refractivity contribution is -0.125. The summed E-state index contributed by atoms with van der Waals surface area (Å²) in [5, 5.41) is 5.53. The predicted octanol–water partition coefficient (Wildman–Crippen LogP) is 4.66. The lowest BCUT2D eigenvalue weighted by Crippen LogP contribution is -2.52. The van der Waals surface area contributed by atoms with Gasteiger partial charge in [0.1, 0.15) is 16.8 Å². The first-order chi connectivity index (χ1) is 16.6. The van der Waals surface area contributed by atoms with E-state index < -0.39 is 40.1 Å². The van der Waals surface area contributed by atoms with E-state index in [1.54, 1.807) is 25.1 Å². The molecule has 35 heavy (non-hydrogen) atoms. The van der Waals surface area contributed by atoms with Gasteiger partial charge in [0.2, 0.25) is 11.8 Å². The molecular weight excluding hydrogens is 516 g/mol. The van der Waals surface area contributed by atoms with Crippen molar-refractivity contribution in [1.82, 2.24) is 5.32 Å². The fourth-order valence-electron chi connectivity index (χ4n) is 3.73. The van der Waals surface area contributed by atoms with E-state index in [-0.39, 0.29) is 27.8 Å². The number of sulfonamides is 1. The fraction of sp³-hybridized carbons (Fsp3) is 0.167. The van der Waals surface area contributed by atoms with Crippen LogP contribution in [0.15, 0.2) is 65.6 Å². The largest absolute Gasteiger partial charge is 0.352 e. The number of para-hydroxylation sites is 2. The maximum Gasteiger partial charge on any atom is 0.266 e. The van der Waals surface area contributed by atoms with Gasteiger partial charge in [0.25, 0.3) is 10.0 Å². The second-order valence-corrected chi connectivity index (χ2v) is 10.5. The Balaban J connectivity index is 1.69. The Bertz CT molecular complexity index is 1410. The lowest BCUT2D eigenvalue weighted by atomic mass is 10.1. The predicted molar refractivity (Wildman–Crippen MR) is 133 cm³/mol.